The summed E-state index contributed by atoms with van der Waals surface area (Å²) in [5, 5.41) is 2.58. The molecule has 1 heterocycles. The van der Waals surface area contributed by atoms with Crippen LogP contribution >= 0.6 is 46.6 Å². The molecule has 2 aromatic carbocycles. The van der Waals surface area contributed by atoms with Crippen LogP contribution in [-0.4, -0.2) is 17.3 Å². The SMILES string of the molecule is COc1cc(/C=C2\SC(=S)NC2=O)cc(I)c1OCc1ccccc1F. The van der Waals surface area contributed by atoms with E-state index in [0.29, 0.717) is 26.3 Å². The molecule has 0 aromatic heterocycles. The molecular formula is C18H13FINO3S2. The molecule has 134 valence electrons. The van der Waals surface area contributed by atoms with Gasteiger partial charge in [-0.2, -0.15) is 0 Å². The third-order valence-electron chi connectivity index (χ3n) is 3.52. The van der Waals surface area contributed by atoms with E-state index in [2.05, 4.69) is 27.9 Å². The number of hydrogen-bond acceptors (Lipinski definition) is 5. The van der Waals surface area contributed by atoms with E-state index in [1.165, 1.54) is 24.9 Å². The quantitative estimate of drug-likeness (QED) is 0.372. The number of nitrogens with one attached hydrogen (secondary N) is 1. The van der Waals surface area contributed by atoms with E-state index in [1.54, 1.807) is 30.3 Å². The van der Waals surface area contributed by atoms with E-state index in [4.69, 9.17) is 21.7 Å². The highest BCUT2D eigenvalue weighted by Crippen LogP contribution is 2.36. The molecule has 0 unspecified atom stereocenters. The van der Waals surface area contributed by atoms with Gasteiger partial charge in [0.2, 0.25) is 0 Å². The fourth-order valence-electron chi connectivity index (χ4n) is 2.30. The summed E-state index contributed by atoms with van der Waals surface area (Å²) >= 11 is 8.33. The van der Waals surface area contributed by atoms with E-state index in [1.807, 2.05) is 6.07 Å². The molecule has 0 radical (unpaired) electrons. The molecule has 1 amide bonds. The molecule has 1 fully saturated rings. The number of carbonyl (C=O) groups excluding carboxylic acids is 1. The number of thiocarbonyl (C=S) groups is 1. The highest BCUT2D eigenvalue weighted by atomic mass is 127. The van der Waals surface area contributed by atoms with Crippen molar-refractivity contribution in [3.8, 4) is 11.5 Å². The molecule has 1 aliphatic rings. The smallest absolute Gasteiger partial charge is 0.263 e. The minimum atomic E-state index is -0.317. The van der Waals surface area contributed by atoms with Gasteiger partial charge in [-0.15, -0.1) is 0 Å². The van der Waals surface area contributed by atoms with Crippen molar-refractivity contribution in [2.24, 2.45) is 0 Å². The normalized spacial score (nSPS) is 15.3. The molecule has 0 saturated carbocycles. The predicted octanol–water partition coefficient (Wildman–Crippen LogP) is 4.51. The topological polar surface area (TPSA) is 47.6 Å². The van der Waals surface area contributed by atoms with Crippen LogP contribution in [0.15, 0.2) is 41.3 Å². The summed E-state index contributed by atoms with van der Waals surface area (Å²) in [5.74, 6) is 0.501. The number of thioether (sulfide) groups is 1. The van der Waals surface area contributed by atoms with Gasteiger partial charge in [0.05, 0.1) is 15.6 Å². The molecular weight excluding hydrogens is 488 g/mol. The number of methoxy groups -OCH3 is 1. The Balaban J connectivity index is 1.86. The zero-order chi connectivity index (χ0) is 18.7. The molecule has 3 rings (SSSR count). The van der Waals surface area contributed by atoms with Crippen LogP contribution < -0.4 is 14.8 Å². The second-order valence-electron chi connectivity index (χ2n) is 5.27. The van der Waals surface area contributed by atoms with E-state index in [0.717, 1.165) is 9.13 Å². The van der Waals surface area contributed by atoms with Crippen molar-refractivity contribution in [2.45, 2.75) is 6.61 Å². The van der Waals surface area contributed by atoms with Gasteiger partial charge in [-0.05, 0) is 52.4 Å². The first-order valence-electron chi connectivity index (χ1n) is 7.46. The van der Waals surface area contributed by atoms with Crippen LogP contribution in [0.3, 0.4) is 0 Å². The van der Waals surface area contributed by atoms with Crippen molar-refractivity contribution < 1.29 is 18.7 Å². The fourth-order valence-corrected chi connectivity index (χ4v) is 4.13. The minimum absolute atomic E-state index is 0.0893. The lowest BCUT2D eigenvalue weighted by atomic mass is 10.2. The monoisotopic (exact) mass is 501 g/mol. The number of amides is 1. The molecule has 26 heavy (non-hydrogen) atoms. The summed E-state index contributed by atoms with van der Waals surface area (Å²) in [6, 6.07) is 10.1. The molecule has 4 nitrogen and oxygen atoms in total. The van der Waals surface area contributed by atoms with Gasteiger partial charge in [-0.1, -0.05) is 42.2 Å². The number of hydrogen-bond donors (Lipinski definition) is 1. The summed E-state index contributed by atoms with van der Waals surface area (Å²) in [6.45, 7) is 0.0893. The Morgan fingerprint density at radius 2 is 2.12 bits per heavy atom. The molecule has 1 N–H and O–H groups in total. The van der Waals surface area contributed by atoms with E-state index < -0.39 is 0 Å². The van der Waals surface area contributed by atoms with E-state index in [9.17, 15) is 9.18 Å². The van der Waals surface area contributed by atoms with E-state index >= 15 is 0 Å². The Labute approximate surface area is 173 Å². The van der Waals surface area contributed by atoms with Crippen molar-refractivity contribution in [1.29, 1.82) is 0 Å². The summed E-state index contributed by atoms with van der Waals surface area (Å²) in [6.07, 6.45) is 1.74. The second-order valence-corrected chi connectivity index (χ2v) is 8.15. The third kappa shape index (κ3) is 4.36. The first-order chi connectivity index (χ1) is 12.5. The Hall–Kier alpha value is -1.65. The molecule has 1 saturated heterocycles. The lowest BCUT2D eigenvalue weighted by molar-refractivity contribution is -0.115. The summed E-state index contributed by atoms with van der Waals surface area (Å²) in [7, 11) is 1.53. The predicted molar refractivity (Wildman–Crippen MR) is 113 cm³/mol. The highest BCUT2D eigenvalue weighted by Gasteiger charge is 2.22. The Kier molecular flexibility index (Phi) is 6.15. The van der Waals surface area contributed by atoms with E-state index in [-0.39, 0.29) is 18.3 Å². The summed E-state index contributed by atoms with van der Waals surface area (Å²) < 4.78 is 26.2. The Bertz CT molecular complexity index is 917. The van der Waals surface area contributed by atoms with Crippen molar-refractivity contribution >= 4 is 62.9 Å². The maximum absolute atomic E-state index is 13.8. The van der Waals surface area contributed by atoms with Gasteiger partial charge in [0.15, 0.2) is 11.5 Å². The van der Waals surface area contributed by atoms with Gasteiger partial charge < -0.3 is 14.8 Å². The molecule has 0 atom stereocenters. The number of ether oxygens (including phenoxy) is 2. The average Bonchev–Trinajstić information content (AvgIpc) is 2.92. The number of rotatable bonds is 5. The van der Waals surface area contributed by atoms with Crippen LogP contribution in [0.4, 0.5) is 4.39 Å². The highest BCUT2D eigenvalue weighted by molar-refractivity contribution is 14.1. The molecule has 1 aliphatic heterocycles. The Morgan fingerprint density at radius 1 is 1.35 bits per heavy atom. The zero-order valence-corrected chi connectivity index (χ0v) is 17.3. The zero-order valence-electron chi connectivity index (χ0n) is 13.5. The van der Waals surface area contributed by atoms with Crippen molar-refractivity contribution in [3.05, 3.63) is 61.8 Å². The van der Waals surface area contributed by atoms with Crippen molar-refractivity contribution in [3.63, 3.8) is 0 Å². The van der Waals surface area contributed by atoms with Gasteiger partial charge in [-0.3, -0.25) is 4.79 Å². The maximum atomic E-state index is 13.8. The molecule has 0 aliphatic carbocycles. The van der Waals surface area contributed by atoms with Crippen LogP contribution in [0.5, 0.6) is 11.5 Å². The fraction of sp³-hybridized carbons (Fsp3) is 0.111. The van der Waals surface area contributed by atoms with Gasteiger partial charge in [0.1, 0.15) is 16.7 Å². The first kappa shape index (κ1) is 19.1. The third-order valence-corrected chi connectivity index (χ3v) is 5.49. The lowest BCUT2D eigenvalue weighted by Crippen LogP contribution is -2.17. The largest absolute Gasteiger partial charge is 0.493 e. The average molecular weight is 501 g/mol. The van der Waals surface area contributed by atoms with Gasteiger partial charge in [-0.25, -0.2) is 4.39 Å². The standard InChI is InChI=1S/C18H13FINO3S2/c1-23-14-7-10(8-15-17(22)21-18(25)26-15)6-13(20)16(14)24-9-11-4-2-3-5-12(11)19/h2-8H,9H2,1H3,(H,21,22,25)/b15-8-. The molecule has 8 heteroatoms. The van der Waals surface area contributed by atoms with Crippen LogP contribution in [0.2, 0.25) is 0 Å². The Morgan fingerprint density at radius 3 is 2.77 bits per heavy atom. The summed E-state index contributed by atoms with van der Waals surface area (Å²) in [5.41, 5.74) is 1.25. The number of halogens is 2. The second kappa shape index (κ2) is 8.36. The lowest BCUT2D eigenvalue weighted by Gasteiger charge is -2.14. The van der Waals surface area contributed by atoms with Crippen LogP contribution in [0.1, 0.15) is 11.1 Å². The van der Waals surface area contributed by atoms with Gasteiger partial charge in [0.25, 0.3) is 5.91 Å². The van der Waals surface area contributed by atoms with Crippen molar-refractivity contribution in [2.75, 3.05) is 7.11 Å². The van der Waals surface area contributed by atoms with Crippen LogP contribution in [0, 0.1) is 9.39 Å². The number of carbonyl (C=O) groups is 1. The van der Waals surface area contributed by atoms with Crippen LogP contribution in [-0.2, 0) is 11.4 Å². The first-order valence-corrected chi connectivity index (χ1v) is 9.77. The maximum Gasteiger partial charge on any atom is 0.263 e. The van der Waals surface area contributed by atoms with Crippen LogP contribution in [0.25, 0.3) is 6.08 Å². The van der Waals surface area contributed by atoms with Crippen molar-refractivity contribution in [1.82, 2.24) is 5.32 Å². The molecule has 2 aromatic rings. The molecule has 0 bridgehead atoms. The van der Waals surface area contributed by atoms with Gasteiger partial charge in [0, 0.05) is 5.56 Å². The minimum Gasteiger partial charge on any atom is -0.493 e. The number of benzene rings is 2. The molecule has 0 spiro atoms. The summed E-state index contributed by atoms with van der Waals surface area (Å²) in [4.78, 5) is 12.3. The van der Waals surface area contributed by atoms with Gasteiger partial charge >= 0.3 is 0 Å².